The molecule has 0 fully saturated rings. The van der Waals surface area contributed by atoms with Gasteiger partial charge in [-0.25, -0.2) is 33.6 Å². The number of carbonyl (C=O) groups excluding carboxylic acids is 6. The smallest absolute Gasteiger partial charge is 0.333 e. The van der Waals surface area contributed by atoms with Crippen molar-refractivity contribution in [3.8, 4) is 0 Å². The molecule has 0 aromatic rings. The van der Waals surface area contributed by atoms with Gasteiger partial charge in [0.2, 0.25) is 0 Å². The van der Waals surface area contributed by atoms with Gasteiger partial charge in [-0.2, -0.15) is 0 Å². The Morgan fingerprint density at radius 1 is 0.451 bits per heavy atom. The van der Waals surface area contributed by atoms with Crippen LogP contribution in [0.3, 0.4) is 0 Å². The minimum Gasteiger partial charge on any atom is -0.478 e. The summed E-state index contributed by atoms with van der Waals surface area (Å²) < 4.78 is 29.2. The summed E-state index contributed by atoms with van der Waals surface area (Å²) in [5.74, 6) is -3.96. The largest absolute Gasteiger partial charge is 0.478 e. The molecular weight excluding hydrogens is 668 g/mol. The molecule has 0 atom stereocenters. The van der Waals surface area contributed by atoms with E-state index in [2.05, 4.69) is 60.3 Å². The van der Waals surface area contributed by atoms with Crippen LogP contribution in [0.2, 0.25) is 0 Å². The Labute approximate surface area is 301 Å². The fourth-order valence-corrected chi connectivity index (χ4v) is 2.15. The topological polar surface area (TPSA) is 195 Å². The van der Waals surface area contributed by atoms with Crippen LogP contribution in [0.4, 0.5) is 0 Å². The molecule has 0 unspecified atom stereocenters. The van der Waals surface area contributed by atoms with Gasteiger partial charge >= 0.3 is 41.8 Å². The Hall–Kier alpha value is -5.53. The first-order chi connectivity index (χ1) is 23.3. The number of carboxylic acid groups (broad SMARTS) is 1. The number of carbonyl (C=O) groups is 7. The van der Waals surface area contributed by atoms with Crippen LogP contribution < -0.4 is 0 Å². The van der Waals surface area contributed by atoms with Crippen molar-refractivity contribution in [2.45, 2.75) is 61.8 Å². The summed E-state index contributed by atoms with van der Waals surface area (Å²) in [4.78, 5) is 76.4. The van der Waals surface area contributed by atoms with Crippen molar-refractivity contribution in [2.24, 2.45) is 5.41 Å². The Balaban J connectivity index is -0.000000341. The van der Waals surface area contributed by atoms with Gasteiger partial charge in [0.25, 0.3) is 0 Å². The van der Waals surface area contributed by atoms with Crippen molar-refractivity contribution < 1.29 is 67.1 Å². The van der Waals surface area contributed by atoms with Gasteiger partial charge in [0.15, 0.2) is 0 Å². The van der Waals surface area contributed by atoms with E-state index >= 15 is 0 Å². The molecule has 0 saturated carbocycles. The predicted molar refractivity (Wildman–Crippen MR) is 191 cm³/mol. The summed E-state index contributed by atoms with van der Waals surface area (Å²) in [6.45, 7) is 36.2. The molecule has 0 aliphatic heterocycles. The number of rotatable bonds is 17. The molecule has 286 valence electrons. The third kappa shape index (κ3) is 29.1. The third-order valence-electron chi connectivity index (χ3n) is 5.47. The van der Waals surface area contributed by atoms with Crippen molar-refractivity contribution >= 4 is 41.8 Å². The van der Waals surface area contributed by atoms with Gasteiger partial charge in [0, 0.05) is 39.0 Å². The average molecular weight is 723 g/mol. The van der Waals surface area contributed by atoms with Crippen molar-refractivity contribution in [3.05, 3.63) is 85.1 Å². The van der Waals surface area contributed by atoms with E-state index in [-0.39, 0.29) is 61.3 Å². The lowest BCUT2D eigenvalue weighted by molar-refractivity contribution is -0.157. The first-order valence-electron chi connectivity index (χ1n) is 15.1. The molecule has 14 heteroatoms. The lowest BCUT2D eigenvalue weighted by atomic mass is 9.88. The molecule has 0 aliphatic carbocycles. The molecule has 14 nitrogen and oxygen atoms in total. The lowest BCUT2D eigenvalue weighted by Crippen LogP contribution is -2.39. The van der Waals surface area contributed by atoms with Gasteiger partial charge in [0.1, 0.15) is 33.0 Å². The maximum atomic E-state index is 11.6. The van der Waals surface area contributed by atoms with Gasteiger partial charge in [-0.05, 0) is 54.9 Å². The van der Waals surface area contributed by atoms with E-state index in [0.29, 0.717) is 23.1 Å². The molecule has 0 aromatic heterocycles. The fourth-order valence-electron chi connectivity index (χ4n) is 2.15. The first-order valence-corrected chi connectivity index (χ1v) is 15.1. The van der Waals surface area contributed by atoms with Gasteiger partial charge in [-0.15, -0.1) is 0 Å². The summed E-state index contributed by atoms with van der Waals surface area (Å²) >= 11 is 0. The molecule has 0 bridgehead atoms. The van der Waals surface area contributed by atoms with E-state index in [1.807, 2.05) is 6.92 Å². The molecule has 0 saturated heterocycles. The van der Waals surface area contributed by atoms with E-state index < -0.39 is 41.2 Å². The highest BCUT2D eigenvalue weighted by Gasteiger charge is 2.34. The Kier molecular flexibility index (Phi) is 29.0. The van der Waals surface area contributed by atoms with Crippen LogP contribution in [0.25, 0.3) is 0 Å². The zero-order valence-corrected chi connectivity index (χ0v) is 31.4. The standard InChI is InChI=1S/C18H26O6.C10H14O4.C5H8O2.C4H6O2/c1-8-18(9-22-15(19)12(2)3,10-23-16(20)13(4)5)11-24-17(21)14(6)7;1-7(2)9(11)13-5-6-14-10(12)8(3)4;1-4(2)5(6)7-3;1-3(2)4(5)6/h2,4,6,8-11H2,1,3,5,7H3;1,3,5-6H2,2,4H3;1H2,2-3H3;1H2,2H3,(H,5,6). The maximum Gasteiger partial charge on any atom is 0.333 e. The van der Waals surface area contributed by atoms with Crippen LogP contribution in [-0.4, -0.2) is 87.0 Å². The van der Waals surface area contributed by atoms with Gasteiger partial charge in [-0.1, -0.05) is 53.0 Å². The zero-order valence-electron chi connectivity index (χ0n) is 31.4. The Morgan fingerprint density at radius 2 is 0.667 bits per heavy atom. The van der Waals surface area contributed by atoms with E-state index in [1.165, 1.54) is 34.8 Å². The van der Waals surface area contributed by atoms with Crippen LogP contribution >= 0.6 is 0 Å². The third-order valence-corrected chi connectivity index (χ3v) is 5.47. The second-order valence-electron chi connectivity index (χ2n) is 11.1. The monoisotopic (exact) mass is 722 g/mol. The number of ether oxygens (including phenoxy) is 6. The zero-order chi connectivity index (χ0) is 41.1. The maximum absolute atomic E-state index is 11.6. The summed E-state index contributed by atoms with van der Waals surface area (Å²) in [6, 6.07) is 0. The number of hydrogen-bond donors (Lipinski definition) is 1. The van der Waals surface area contributed by atoms with Crippen LogP contribution in [-0.2, 0) is 62.0 Å². The fraction of sp³-hybridized carbons (Fsp3) is 0.432. The number of carboxylic acids is 1. The highest BCUT2D eigenvalue weighted by Crippen LogP contribution is 2.25. The Bertz CT molecular complexity index is 1230. The molecule has 0 radical (unpaired) electrons. The van der Waals surface area contributed by atoms with Gasteiger partial charge in [0.05, 0.1) is 12.5 Å². The molecule has 0 rings (SSSR count). The normalized spacial score (nSPS) is 9.35. The van der Waals surface area contributed by atoms with Crippen LogP contribution in [0.15, 0.2) is 85.1 Å². The van der Waals surface area contributed by atoms with E-state index in [9.17, 15) is 33.6 Å². The number of aliphatic carboxylic acids is 1. The quantitative estimate of drug-likeness (QED) is 0.0873. The van der Waals surface area contributed by atoms with Crippen molar-refractivity contribution in [1.29, 1.82) is 0 Å². The summed E-state index contributed by atoms with van der Waals surface area (Å²) in [5, 5.41) is 7.89. The SMILES string of the molecule is C=C(C)C(=O)O.C=C(C)C(=O)OC.C=C(C)C(=O)OCC(CC)(COC(=O)C(=C)C)COC(=O)C(=C)C.C=C(C)C(=O)OCCOC(=O)C(=C)C. The van der Waals surface area contributed by atoms with E-state index in [1.54, 1.807) is 20.8 Å². The number of esters is 6. The summed E-state index contributed by atoms with van der Waals surface area (Å²) in [5.41, 5.74) is 1.12. The molecule has 0 aromatic carbocycles. The van der Waals surface area contributed by atoms with E-state index in [0.717, 1.165) is 0 Å². The predicted octanol–water partition coefficient (Wildman–Crippen LogP) is 5.35. The van der Waals surface area contributed by atoms with Crippen LogP contribution in [0.1, 0.15) is 61.8 Å². The highest BCUT2D eigenvalue weighted by atomic mass is 16.6. The molecule has 0 aliphatic rings. The lowest BCUT2D eigenvalue weighted by Gasteiger charge is -2.31. The Morgan fingerprint density at radius 3 is 0.804 bits per heavy atom. The molecule has 51 heavy (non-hydrogen) atoms. The number of methoxy groups -OCH3 is 1. The minimum absolute atomic E-state index is 0.0325. The highest BCUT2D eigenvalue weighted by molar-refractivity contribution is 5.89. The van der Waals surface area contributed by atoms with Gasteiger partial charge in [-0.3, -0.25) is 0 Å². The molecule has 0 heterocycles. The van der Waals surface area contributed by atoms with Gasteiger partial charge < -0.3 is 33.5 Å². The van der Waals surface area contributed by atoms with Crippen LogP contribution in [0, 0.1) is 5.41 Å². The minimum atomic E-state index is -0.935. The molecular formula is C37H54O14. The molecule has 1 N–H and O–H groups in total. The number of hydrogen-bond acceptors (Lipinski definition) is 13. The van der Waals surface area contributed by atoms with Crippen LogP contribution in [0.5, 0.6) is 0 Å². The summed E-state index contributed by atoms with van der Waals surface area (Å²) in [7, 11) is 1.33. The van der Waals surface area contributed by atoms with Crippen molar-refractivity contribution in [2.75, 3.05) is 40.1 Å². The average Bonchev–Trinajstić information content (AvgIpc) is 3.05. The molecule has 0 amide bonds. The van der Waals surface area contributed by atoms with E-state index in [4.69, 9.17) is 19.3 Å². The summed E-state index contributed by atoms with van der Waals surface area (Å²) in [6.07, 6.45) is 0.448. The second kappa shape index (κ2) is 28.3. The molecule has 0 spiro atoms. The first kappa shape index (κ1) is 52.3. The second-order valence-corrected chi connectivity index (χ2v) is 11.1. The van der Waals surface area contributed by atoms with Crippen molar-refractivity contribution in [3.63, 3.8) is 0 Å². The van der Waals surface area contributed by atoms with Crippen molar-refractivity contribution in [1.82, 2.24) is 0 Å².